The first-order valence-corrected chi connectivity index (χ1v) is 9.76. The Bertz CT molecular complexity index is 844. The van der Waals surface area contributed by atoms with Crippen molar-refractivity contribution in [1.29, 1.82) is 0 Å². The fourth-order valence-electron chi connectivity index (χ4n) is 2.30. The number of aromatic nitrogens is 4. The maximum absolute atomic E-state index is 10.8. The van der Waals surface area contributed by atoms with Crippen molar-refractivity contribution in [3.63, 3.8) is 0 Å². The molecule has 2 heterocycles. The van der Waals surface area contributed by atoms with Gasteiger partial charge in [-0.05, 0) is 46.5 Å². The van der Waals surface area contributed by atoms with Gasteiger partial charge in [0.15, 0.2) is 0 Å². The van der Waals surface area contributed by atoms with E-state index in [9.17, 15) is 10.1 Å². The predicted molar refractivity (Wildman–Crippen MR) is 98.3 cm³/mol. The van der Waals surface area contributed by atoms with Crippen molar-refractivity contribution in [2.24, 2.45) is 0 Å². The molecule has 0 aliphatic heterocycles. The summed E-state index contributed by atoms with van der Waals surface area (Å²) < 4.78 is 1.69. The summed E-state index contributed by atoms with van der Waals surface area (Å²) in [4.78, 5) is 10.4. The molecular weight excluding hydrogens is 358 g/mol. The van der Waals surface area contributed by atoms with Crippen LogP contribution in [0.1, 0.15) is 30.9 Å². The van der Waals surface area contributed by atoms with E-state index in [1.165, 1.54) is 30.2 Å². The van der Waals surface area contributed by atoms with Crippen molar-refractivity contribution < 1.29 is 4.92 Å². The largest absolute Gasteiger partial charge is 0.324 e. The number of nitro groups is 1. The Labute approximate surface area is 153 Å². The molecule has 0 aliphatic carbocycles. The molecule has 0 unspecified atom stereocenters. The van der Waals surface area contributed by atoms with Crippen LogP contribution in [-0.4, -0.2) is 25.1 Å². The van der Waals surface area contributed by atoms with Crippen molar-refractivity contribution in [2.75, 3.05) is 0 Å². The molecule has 0 saturated carbocycles. The van der Waals surface area contributed by atoms with Gasteiger partial charge in [-0.3, -0.25) is 10.1 Å². The van der Waals surface area contributed by atoms with Crippen LogP contribution in [0.2, 0.25) is 0 Å². The van der Waals surface area contributed by atoms with Gasteiger partial charge >= 0.3 is 5.00 Å². The maximum Gasteiger partial charge on any atom is 0.324 e. The number of thiophene rings is 1. The van der Waals surface area contributed by atoms with Gasteiger partial charge in [0.2, 0.25) is 5.16 Å². The Kier molecular flexibility index (Phi) is 5.77. The molecule has 3 aromatic rings. The Morgan fingerprint density at radius 2 is 2.08 bits per heavy atom. The molecular formula is C16H17N5O2S2. The minimum atomic E-state index is -0.372. The SMILES string of the molecule is CCCCc1ccc(-n2nnnc2SCc2csc([N+](=O)[O-])c2)cc1. The van der Waals surface area contributed by atoms with Gasteiger partial charge in [0.05, 0.1) is 10.6 Å². The lowest BCUT2D eigenvalue weighted by molar-refractivity contribution is -0.380. The van der Waals surface area contributed by atoms with E-state index < -0.39 is 0 Å². The summed E-state index contributed by atoms with van der Waals surface area (Å²) >= 11 is 2.59. The average molecular weight is 375 g/mol. The van der Waals surface area contributed by atoms with E-state index in [2.05, 4.69) is 34.6 Å². The zero-order valence-corrected chi connectivity index (χ0v) is 15.3. The van der Waals surface area contributed by atoms with Gasteiger partial charge in [-0.25, -0.2) is 0 Å². The zero-order valence-electron chi connectivity index (χ0n) is 13.7. The molecule has 3 rings (SSSR count). The molecule has 130 valence electrons. The lowest BCUT2D eigenvalue weighted by atomic mass is 10.1. The monoisotopic (exact) mass is 375 g/mol. The van der Waals surface area contributed by atoms with Crippen LogP contribution in [-0.2, 0) is 12.2 Å². The number of nitrogens with zero attached hydrogens (tertiary/aromatic N) is 5. The fraction of sp³-hybridized carbons (Fsp3) is 0.312. The third-order valence-electron chi connectivity index (χ3n) is 3.63. The third-order valence-corrected chi connectivity index (χ3v) is 5.55. The molecule has 0 fully saturated rings. The molecule has 0 spiro atoms. The summed E-state index contributed by atoms with van der Waals surface area (Å²) in [6, 6.07) is 9.82. The highest BCUT2D eigenvalue weighted by Crippen LogP contribution is 2.28. The van der Waals surface area contributed by atoms with Gasteiger partial charge < -0.3 is 0 Å². The minimum absolute atomic E-state index is 0.151. The summed E-state index contributed by atoms with van der Waals surface area (Å²) in [7, 11) is 0. The van der Waals surface area contributed by atoms with Gasteiger partial charge in [0.25, 0.3) is 0 Å². The number of thioether (sulfide) groups is 1. The van der Waals surface area contributed by atoms with Crippen molar-refractivity contribution in [3.8, 4) is 5.69 Å². The third kappa shape index (κ3) is 4.43. The van der Waals surface area contributed by atoms with Gasteiger partial charge in [0.1, 0.15) is 0 Å². The molecule has 0 amide bonds. The van der Waals surface area contributed by atoms with Crippen LogP contribution in [0.3, 0.4) is 0 Å². The summed E-state index contributed by atoms with van der Waals surface area (Å²) in [6.07, 6.45) is 3.43. The minimum Gasteiger partial charge on any atom is -0.258 e. The highest BCUT2D eigenvalue weighted by molar-refractivity contribution is 7.98. The molecule has 0 radical (unpaired) electrons. The summed E-state index contributed by atoms with van der Waals surface area (Å²) in [6.45, 7) is 2.18. The molecule has 7 nitrogen and oxygen atoms in total. The molecule has 0 atom stereocenters. The Morgan fingerprint density at radius 1 is 1.28 bits per heavy atom. The Hall–Kier alpha value is -2.26. The number of aryl methyl sites for hydroxylation is 1. The van der Waals surface area contributed by atoms with Gasteiger partial charge in [-0.1, -0.05) is 48.6 Å². The Balaban J connectivity index is 1.68. The van der Waals surface area contributed by atoms with Crippen LogP contribution in [0.4, 0.5) is 5.00 Å². The van der Waals surface area contributed by atoms with Gasteiger partial charge in [-0.15, -0.1) is 5.10 Å². The quantitative estimate of drug-likeness (QED) is 0.332. The average Bonchev–Trinajstić information content (AvgIpc) is 3.28. The van der Waals surface area contributed by atoms with E-state index in [1.807, 2.05) is 12.1 Å². The normalized spacial score (nSPS) is 10.9. The standard InChI is InChI=1S/C16H17N5O2S2/c1-2-3-4-12-5-7-14(8-6-12)20-16(17-18-19-20)25-11-13-9-15(21(22)23)24-10-13/h5-10H,2-4,11H2,1H3. The van der Waals surface area contributed by atoms with E-state index in [0.29, 0.717) is 10.9 Å². The number of rotatable bonds is 8. The number of hydrogen-bond acceptors (Lipinski definition) is 7. The van der Waals surface area contributed by atoms with Crippen molar-refractivity contribution in [3.05, 3.63) is 57.0 Å². The molecule has 9 heteroatoms. The number of tetrazole rings is 1. The van der Waals surface area contributed by atoms with Crippen LogP contribution >= 0.6 is 23.1 Å². The summed E-state index contributed by atoms with van der Waals surface area (Å²) in [5.74, 6) is 0.583. The summed E-state index contributed by atoms with van der Waals surface area (Å²) in [5.41, 5.74) is 3.11. The molecule has 25 heavy (non-hydrogen) atoms. The first-order chi connectivity index (χ1) is 12.2. The second-order valence-electron chi connectivity index (χ2n) is 5.48. The highest BCUT2D eigenvalue weighted by Gasteiger charge is 2.13. The van der Waals surface area contributed by atoms with E-state index in [4.69, 9.17) is 0 Å². The van der Waals surface area contributed by atoms with Crippen LogP contribution in [0, 0.1) is 10.1 Å². The number of benzene rings is 1. The van der Waals surface area contributed by atoms with Crippen molar-refractivity contribution in [2.45, 2.75) is 37.1 Å². The lowest BCUT2D eigenvalue weighted by Gasteiger charge is -2.05. The van der Waals surface area contributed by atoms with E-state index in [-0.39, 0.29) is 9.92 Å². The van der Waals surface area contributed by atoms with Crippen LogP contribution in [0.15, 0.2) is 40.9 Å². The molecule has 0 bridgehead atoms. The second kappa shape index (κ2) is 8.21. The molecule has 2 aromatic heterocycles. The van der Waals surface area contributed by atoms with Crippen molar-refractivity contribution in [1.82, 2.24) is 20.2 Å². The molecule has 0 saturated heterocycles. The second-order valence-corrected chi connectivity index (χ2v) is 7.31. The van der Waals surface area contributed by atoms with Crippen molar-refractivity contribution >= 4 is 28.1 Å². The van der Waals surface area contributed by atoms with Crippen LogP contribution < -0.4 is 0 Å². The number of unbranched alkanes of at least 4 members (excludes halogenated alkanes) is 1. The van der Waals surface area contributed by atoms with Gasteiger partial charge in [0, 0.05) is 17.2 Å². The highest BCUT2D eigenvalue weighted by atomic mass is 32.2. The van der Waals surface area contributed by atoms with E-state index in [0.717, 1.165) is 29.0 Å². The van der Waals surface area contributed by atoms with Crippen LogP contribution in [0.25, 0.3) is 5.69 Å². The summed E-state index contributed by atoms with van der Waals surface area (Å²) in [5, 5.41) is 25.2. The van der Waals surface area contributed by atoms with Crippen LogP contribution in [0.5, 0.6) is 0 Å². The van der Waals surface area contributed by atoms with Gasteiger partial charge in [-0.2, -0.15) is 4.68 Å². The fourth-order valence-corrected chi connectivity index (χ4v) is 3.95. The Morgan fingerprint density at radius 3 is 2.76 bits per heavy atom. The zero-order chi connectivity index (χ0) is 17.6. The molecule has 0 N–H and O–H groups in total. The van der Waals surface area contributed by atoms with E-state index in [1.54, 1.807) is 16.1 Å². The molecule has 1 aromatic carbocycles. The smallest absolute Gasteiger partial charge is 0.258 e. The van der Waals surface area contributed by atoms with E-state index >= 15 is 0 Å². The predicted octanol–water partition coefficient (Wildman–Crippen LogP) is 4.27. The number of hydrogen-bond donors (Lipinski definition) is 0. The molecule has 0 aliphatic rings. The first-order valence-electron chi connectivity index (χ1n) is 7.89. The maximum atomic E-state index is 10.8. The topological polar surface area (TPSA) is 86.7 Å². The first kappa shape index (κ1) is 17.6. The lowest BCUT2D eigenvalue weighted by Crippen LogP contribution is -1.99.